The highest BCUT2D eigenvalue weighted by molar-refractivity contribution is 6.26. The van der Waals surface area contributed by atoms with E-state index in [1.807, 2.05) is 0 Å². The highest BCUT2D eigenvalue weighted by atomic mass is 19.1. The first-order chi connectivity index (χ1) is 27.4. The molecule has 0 radical (unpaired) electrons. The van der Waals surface area contributed by atoms with Crippen molar-refractivity contribution in [1.29, 1.82) is 0 Å². The summed E-state index contributed by atoms with van der Waals surface area (Å²) in [7, 11) is 0. The Morgan fingerprint density at radius 1 is 0.586 bits per heavy atom. The Hall–Kier alpha value is -6.49. The Labute approximate surface area is 335 Å². The molecule has 3 atom stereocenters. The summed E-state index contributed by atoms with van der Waals surface area (Å²) in [5.74, 6) is -5.41. The van der Waals surface area contributed by atoms with Gasteiger partial charge in [-0.3, -0.25) is 14.4 Å². The van der Waals surface area contributed by atoms with Crippen LogP contribution in [0, 0.1) is 11.6 Å². The molecule has 0 bridgehead atoms. The summed E-state index contributed by atoms with van der Waals surface area (Å²) in [5, 5.41) is 0. The van der Waals surface area contributed by atoms with Crippen LogP contribution in [-0.2, 0) is 34.7 Å². The van der Waals surface area contributed by atoms with Crippen molar-refractivity contribution in [1.82, 2.24) is 0 Å². The first-order valence-corrected chi connectivity index (χ1v) is 18.8. The molecular formula is C47H42F2N2O7. The molecule has 2 aliphatic heterocycles. The molecular weight excluding hydrogens is 743 g/mol. The Balaban J connectivity index is 1.51. The van der Waals surface area contributed by atoms with Crippen molar-refractivity contribution in [2.24, 2.45) is 0 Å². The van der Waals surface area contributed by atoms with Gasteiger partial charge in [0, 0.05) is 6.42 Å². The number of anilines is 2. The number of ether oxygens (including phenoxy) is 2. The molecule has 2 aliphatic rings. The zero-order valence-corrected chi connectivity index (χ0v) is 32.9. The molecule has 0 saturated carbocycles. The SMILES string of the molecule is CC(C)(C)OC(=O)N1C(=O)[C@](CC(=O)[C@@H](c2ccccc2)[C@]2(c3cccc(F)c3)C(=O)N(C(=O)OC(C)(C)C)c3ccccc32)(c2cccc(F)c2)c2ccccc21. The fraction of sp³-hybridized carbons (Fsp3) is 0.255. The zero-order valence-electron chi connectivity index (χ0n) is 32.9. The third-order valence-corrected chi connectivity index (χ3v) is 10.4. The van der Waals surface area contributed by atoms with Gasteiger partial charge in [0.15, 0.2) is 0 Å². The van der Waals surface area contributed by atoms with Crippen LogP contribution >= 0.6 is 0 Å². The molecule has 0 spiro atoms. The topological polar surface area (TPSA) is 110 Å². The molecule has 5 aromatic rings. The number of imide groups is 2. The minimum absolute atomic E-state index is 0.0616. The summed E-state index contributed by atoms with van der Waals surface area (Å²) in [5.41, 5.74) is -5.06. The van der Waals surface area contributed by atoms with Crippen molar-refractivity contribution in [3.63, 3.8) is 0 Å². The van der Waals surface area contributed by atoms with Crippen LogP contribution in [0.3, 0.4) is 0 Å². The minimum atomic E-state index is -2.12. The summed E-state index contributed by atoms with van der Waals surface area (Å²) in [6.07, 6.45) is -2.71. The molecule has 58 heavy (non-hydrogen) atoms. The van der Waals surface area contributed by atoms with Crippen molar-refractivity contribution in [2.45, 2.75) is 75.9 Å². The number of para-hydroxylation sites is 2. The van der Waals surface area contributed by atoms with Gasteiger partial charge in [-0.25, -0.2) is 28.2 Å². The van der Waals surface area contributed by atoms with Gasteiger partial charge in [0.2, 0.25) is 0 Å². The number of fused-ring (bicyclic) bond motifs is 2. The molecule has 0 unspecified atom stereocenters. The van der Waals surface area contributed by atoms with Gasteiger partial charge in [0.1, 0.15) is 39.4 Å². The highest BCUT2D eigenvalue weighted by Crippen LogP contribution is 2.57. The van der Waals surface area contributed by atoms with Gasteiger partial charge >= 0.3 is 12.2 Å². The minimum Gasteiger partial charge on any atom is -0.443 e. The van der Waals surface area contributed by atoms with E-state index in [4.69, 9.17) is 9.47 Å². The summed E-state index contributed by atoms with van der Waals surface area (Å²) in [6.45, 7) is 9.89. The molecule has 5 aromatic carbocycles. The lowest BCUT2D eigenvalue weighted by Crippen LogP contribution is -2.52. The molecule has 11 heteroatoms. The quantitative estimate of drug-likeness (QED) is 0.162. The van der Waals surface area contributed by atoms with Gasteiger partial charge in [-0.15, -0.1) is 0 Å². The third kappa shape index (κ3) is 6.64. The number of benzene rings is 5. The standard InChI is InChI=1S/C47H42F2N2O7/c1-44(2,3)57-42(55)50-36-24-12-10-22-34(36)46(40(50)53,30-18-14-20-32(48)26-30)28-38(52)39(29-16-8-7-9-17-29)47(31-19-15-21-33(49)27-31)35-23-11-13-25-37(35)51(41(47)54)43(56)58-45(4,5)6/h7-27,39H,28H2,1-6H3/t39-,46-,47-/m1/s1. The van der Waals surface area contributed by atoms with Crippen LogP contribution in [0.15, 0.2) is 127 Å². The van der Waals surface area contributed by atoms with Crippen molar-refractivity contribution in [3.8, 4) is 0 Å². The van der Waals surface area contributed by atoms with E-state index in [0.29, 0.717) is 5.56 Å². The van der Waals surface area contributed by atoms with Crippen LogP contribution in [0.25, 0.3) is 0 Å². The van der Waals surface area contributed by atoms with Crippen LogP contribution < -0.4 is 9.80 Å². The third-order valence-electron chi connectivity index (χ3n) is 10.4. The number of amides is 4. The summed E-state index contributed by atoms with van der Waals surface area (Å²) >= 11 is 0. The number of carbonyl (C=O) groups is 5. The molecule has 0 aromatic heterocycles. The van der Waals surface area contributed by atoms with E-state index in [9.17, 15) is 9.59 Å². The average Bonchev–Trinajstić information content (AvgIpc) is 3.56. The van der Waals surface area contributed by atoms with E-state index < -0.39 is 75.8 Å². The Kier molecular flexibility index (Phi) is 9.91. The lowest BCUT2D eigenvalue weighted by molar-refractivity contribution is -0.131. The maximum atomic E-state index is 16.0. The number of Topliss-reactive ketones (excluding diaryl/α,β-unsaturated/α-hetero) is 1. The number of carbonyl (C=O) groups excluding carboxylic acids is 5. The van der Waals surface area contributed by atoms with Gasteiger partial charge < -0.3 is 9.47 Å². The van der Waals surface area contributed by atoms with E-state index in [2.05, 4.69) is 0 Å². The number of halogens is 2. The Bertz CT molecular complexity index is 2470. The zero-order chi connectivity index (χ0) is 41.8. The van der Waals surface area contributed by atoms with E-state index in [1.54, 1.807) is 120 Å². The molecule has 7 rings (SSSR count). The van der Waals surface area contributed by atoms with Gasteiger partial charge in [-0.05, 0) is 106 Å². The van der Waals surface area contributed by atoms with Crippen molar-refractivity contribution >= 4 is 41.2 Å². The number of nitrogens with zero attached hydrogens (tertiary/aromatic N) is 2. The predicted molar refractivity (Wildman–Crippen MR) is 213 cm³/mol. The fourth-order valence-electron chi connectivity index (χ4n) is 8.28. The maximum Gasteiger partial charge on any atom is 0.421 e. The number of hydrogen-bond acceptors (Lipinski definition) is 7. The lowest BCUT2D eigenvalue weighted by atomic mass is 9.60. The summed E-state index contributed by atoms with van der Waals surface area (Å²) in [4.78, 5) is 76.5. The second-order valence-electron chi connectivity index (χ2n) is 16.5. The first kappa shape index (κ1) is 39.7. The highest BCUT2D eigenvalue weighted by Gasteiger charge is 2.63. The molecule has 0 N–H and O–H groups in total. The summed E-state index contributed by atoms with van der Waals surface area (Å²) in [6, 6.07) is 31.7. The fourth-order valence-corrected chi connectivity index (χ4v) is 8.28. The van der Waals surface area contributed by atoms with Crippen LogP contribution in [0.2, 0.25) is 0 Å². The molecule has 9 nitrogen and oxygen atoms in total. The number of hydrogen-bond donors (Lipinski definition) is 0. The summed E-state index contributed by atoms with van der Waals surface area (Å²) < 4.78 is 42.3. The molecule has 0 fully saturated rings. The Morgan fingerprint density at radius 2 is 1.05 bits per heavy atom. The normalized spacial score (nSPS) is 19.4. The Morgan fingerprint density at radius 3 is 1.60 bits per heavy atom. The van der Waals surface area contributed by atoms with Gasteiger partial charge in [-0.2, -0.15) is 0 Å². The molecule has 4 amide bonds. The van der Waals surface area contributed by atoms with Crippen molar-refractivity contribution in [3.05, 3.63) is 167 Å². The van der Waals surface area contributed by atoms with Crippen molar-refractivity contribution in [2.75, 3.05) is 9.80 Å². The van der Waals surface area contributed by atoms with Gasteiger partial charge in [0.05, 0.1) is 17.3 Å². The van der Waals surface area contributed by atoms with E-state index in [0.717, 1.165) is 21.9 Å². The van der Waals surface area contributed by atoms with Crippen LogP contribution in [0.5, 0.6) is 0 Å². The monoisotopic (exact) mass is 784 g/mol. The second kappa shape index (κ2) is 14.5. The van der Waals surface area contributed by atoms with Gasteiger partial charge in [0.25, 0.3) is 11.8 Å². The maximum absolute atomic E-state index is 16.0. The second-order valence-corrected chi connectivity index (χ2v) is 16.5. The van der Waals surface area contributed by atoms with Crippen LogP contribution in [0.4, 0.5) is 29.7 Å². The average molecular weight is 785 g/mol. The predicted octanol–water partition coefficient (Wildman–Crippen LogP) is 9.54. The van der Waals surface area contributed by atoms with Crippen molar-refractivity contribution < 1.29 is 42.2 Å². The lowest BCUT2D eigenvalue weighted by Gasteiger charge is -2.39. The van der Waals surface area contributed by atoms with Crippen LogP contribution in [-0.4, -0.2) is 41.0 Å². The largest absolute Gasteiger partial charge is 0.443 e. The molecule has 296 valence electrons. The number of ketones is 1. The van der Waals surface area contributed by atoms with E-state index in [-0.39, 0.29) is 33.6 Å². The number of rotatable bonds is 7. The molecule has 2 heterocycles. The van der Waals surface area contributed by atoms with E-state index in [1.165, 1.54) is 36.4 Å². The first-order valence-electron chi connectivity index (χ1n) is 18.8. The van der Waals surface area contributed by atoms with Gasteiger partial charge in [-0.1, -0.05) is 91.0 Å². The smallest absolute Gasteiger partial charge is 0.421 e. The molecule has 0 saturated heterocycles. The van der Waals surface area contributed by atoms with Crippen LogP contribution in [0.1, 0.15) is 81.7 Å². The molecule has 0 aliphatic carbocycles. The van der Waals surface area contributed by atoms with E-state index >= 15 is 23.2 Å².